The first kappa shape index (κ1) is 18.8. The van der Waals surface area contributed by atoms with Crippen LogP contribution in [0.3, 0.4) is 0 Å². The van der Waals surface area contributed by atoms with Crippen LogP contribution in [-0.4, -0.2) is 20.2 Å². The van der Waals surface area contributed by atoms with Crippen molar-refractivity contribution in [3.63, 3.8) is 0 Å². The zero-order valence-corrected chi connectivity index (χ0v) is 15.3. The largest absolute Gasteiger partial charge is 0.435 e. The first-order chi connectivity index (χ1) is 12.8. The molecule has 0 fully saturated rings. The molecule has 0 aliphatic rings. The molecular formula is C18H16F2N2O4S. The molecule has 1 aromatic heterocycles. The Morgan fingerprint density at radius 1 is 1.07 bits per heavy atom. The summed E-state index contributed by atoms with van der Waals surface area (Å²) in [6, 6.07) is 12.1. The molecule has 0 atom stereocenters. The van der Waals surface area contributed by atoms with E-state index in [2.05, 4.69) is 14.6 Å². The maximum Gasteiger partial charge on any atom is 0.387 e. The molecule has 0 saturated carbocycles. The highest BCUT2D eigenvalue weighted by atomic mass is 32.2. The van der Waals surface area contributed by atoms with Crippen molar-refractivity contribution in [2.45, 2.75) is 25.4 Å². The third kappa shape index (κ3) is 4.08. The van der Waals surface area contributed by atoms with E-state index in [1.54, 1.807) is 32.0 Å². The van der Waals surface area contributed by atoms with Gasteiger partial charge in [0.1, 0.15) is 5.75 Å². The first-order valence-electron chi connectivity index (χ1n) is 7.88. The molecular weight excluding hydrogens is 378 g/mol. The van der Waals surface area contributed by atoms with Crippen LogP contribution < -0.4 is 9.46 Å². The number of benzene rings is 2. The number of hydrogen-bond acceptors (Lipinski definition) is 5. The van der Waals surface area contributed by atoms with E-state index < -0.39 is 16.6 Å². The lowest BCUT2D eigenvalue weighted by Crippen LogP contribution is -2.14. The Balaban J connectivity index is 1.97. The number of ether oxygens (including phenoxy) is 1. The quantitative estimate of drug-likeness (QED) is 0.672. The second kappa shape index (κ2) is 7.36. The summed E-state index contributed by atoms with van der Waals surface area (Å²) in [5, 5.41) is 3.73. The van der Waals surface area contributed by atoms with Gasteiger partial charge in [0.15, 0.2) is 0 Å². The smallest absolute Gasteiger partial charge is 0.387 e. The predicted octanol–water partition coefficient (Wildman–Crippen LogP) is 4.36. The molecule has 9 heteroatoms. The molecule has 0 amide bonds. The summed E-state index contributed by atoms with van der Waals surface area (Å²) in [6.45, 7) is 0.464. The molecule has 0 saturated heterocycles. The summed E-state index contributed by atoms with van der Waals surface area (Å²) in [5.74, 6) is 0.0305. The van der Waals surface area contributed by atoms with Crippen molar-refractivity contribution in [1.29, 1.82) is 0 Å². The van der Waals surface area contributed by atoms with Crippen molar-refractivity contribution >= 4 is 15.9 Å². The highest BCUT2D eigenvalue weighted by Crippen LogP contribution is 2.31. The van der Waals surface area contributed by atoms with Crippen LogP contribution in [0.4, 0.5) is 14.7 Å². The fourth-order valence-corrected chi connectivity index (χ4v) is 3.72. The Hall–Kier alpha value is -2.94. The van der Waals surface area contributed by atoms with Gasteiger partial charge in [0.2, 0.25) is 5.88 Å². The molecule has 2 aromatic carbocycles. The summed E-state index contributed by atoms with van der Waals surface area (Å²) < 4.78 is 62.0. The van der Waals surface area contributed by atoms with Crippen molar-refractivity contribution in [3.8, 4) is 16.9 Å². The number of anilines is 1. The lowest BCUT2D eigenvalue weighted by Gasteiger charge is -2.12. The minimum atomic E-state index is -3.97. The van der Waals surface area contributed by atoms with Gasteiger partial charge in [0.05, 0.1) is 10.6 Å². The minimum absolute atomic E-state index is 0.0139. The van der Waals surface area contributed by atoms with E-state index in [-0.39, 0.29) is 16.5 Å². The summed E-state index contributed by atoms with van der Waals surface area (Å²) in [7, 11) is -3.97. The second-order valence-electron chi connectivity index (χ2n) is 5.73. The number of sulfonamides is 1. The molecule has 0 aliphatic carbocycles. The third-order valence-corrected chi connectivity index (χ3v) is 5.34. The normalized spacial score (nSPS) is 11.6. The van der Waals surface area contributed by atoms with Crippen LogP contribution in [0, 0.1) is 13.8 Å². The standard InChI is InChI=1S/C18H16F2N2O4S/c1-11-12(2)21-26-17(11)22-27(23,24)16-6-4-3-5-15(16)13-7-9-14(10-8-13)25-18(19)20/h3-10,18,22H,1-2H3. The van der Waals surface area contributed by atoms with Crippen LogP contribution in [0.2, 0.25) is 0 Å². The number of aryl methyl sites for hydroxylation is 1. The SMILES string of the molecule is Cc1noc(NS(=O)(=O)c2ccccc2-c2ccc(OC(F)F)cc2)c1C. The molecule has 0 aliphatic heterocycles. The van der Waals surface area contributed by atoms with Crippen LogP contribution in [0.5, 0.6) is 5.75 Å². The van der Waals surface area contributed by atoms with E-state index in [0.29, 0.717) is 22.4 Å². The molecule has 1 N–H and O–H groups in total. The molecule has 3 aromatic rings. The fraction of sp³-hybridized carbons (Fsp3) is 0.167. The summed E-state index contributed by atoms with van der Waals surface area (Å²) >= 11 is 0. The summed E-state index contributed by atoms with van der Waals surface area (Å²) in [4.78, 5) is 0.0148. The highest BCUT2D eigenvalue weighted by Gasteiger charge is 2.22. The van der Waals surface area contributed by atoms with Crippen molar-refractivity contribution in [2.24, 2.45) is 0 Å². The van der Waals surface area contributed by atoms with E-state index in [0.717, 1.165) is 0 Å². The fourth-order valence-electron chi connectivity index (χ4n) is 2.44. The molecule has 0 bridgehead atoms. The highest BCUT2D eigenvalue weighted by molar-refractivity contribution is 7.92. The molecule has 0 spiro atoms. The molecule has 0 radical (unpaired) electrons. The predicted molar refractivity (Wildman–Crippen MR) is 95.3 cm³/mol. The number of rotatable bonds is 6. The van der Waals surface area contributed by atoms with Gasteiger partial charge in [-0.1, -0.05) is 35.5 Å². The Morgan fingerprint density at radius 3 is 2.33 bits per heavy atom. The molecule has 27 heavy (non-hydrogen) atoms. The van der Waals surface area contributed by atoms with Gasteiger partial charge in [-0.2, -0.15) is 8.78 Å². The molecule has 6 nitrogen and oxygen atoms in total. The van der Waals surface area contributed by atoms with Gasteiger partial charge >= 0.3 is 6.61 Å². The Kier molecular flexibility index (Phi) is 5.13. The van der Waals surface area contributed by atoms with Crippen LogP contribution in [0.1, 0.15) is 11.3 Å². The van der Waals surface area contributed by atoms with E-state index in [1.165, 1.54) is 30.3 Å². The molecule has 0 unspecified atom stereocenters. The van der Waals surface area contributed by atoms with Gasteiger partial charge < -0.3 is 9.26 Å². The molecule has 3 rings (SSSR count). The van der Waals surface area contributed by atoms with Crippen LogP contribution in [-0.2, 0) is 10.0 Å². The average molecular weight is 394 g/mol. The first-order valence-corrected chi connectivity index (χ1v) is 9.36. The number of alkyl halides is 2. The maximum atomic E-state index is 12.8. The van der Waals surface area contributed by atoms with E-state index in [9.17, 15) is 17.2 Å². The average Bonchev–Trinajstić information content (AvgIpc) is 2.93. The van der Waals surface area contributed by atoms with E-state index in [4.69, 9.17) is 4.52 Å². The van der Waals surface area contributed by atoms with Gasteiger partial charge in [-0.3, -0.25) is 0 Å². The van der Waals surface area contributed by atoms with Gasteiger partial charge in [0, 0.05) is 11.1 Å². The van der Waals surface area contributed by atoms with Crippen molar-refractivity contribution in [2.75, 3.05) is 4.72 Å². The lowest BCUT2D eigenvalue weighted by molar-refractivity contribution is -0.0498. The Bertz CT molecular complexity index is 1050. The lowest BCUT2D eigenvalue weighted by atomic mass is 10.1. The number of nitrogens with zero attached hydrogens (tertiary/aromatic N) is 1. The van der Waals surface area contributed by atoms with Crippen LogP contribution in [0.25, 0.3) is 11.1 Å². The maximum absolute atomic E-state index is 12.8. The number of halogens is 2. The number of hydrogen-bond donors (Lipinski definition) is 1. The summed E-state index contributed by atoms with van der Waals surface area (Å²) in [5.41, 5.74) is 2.10. The summed E-state index contributed by atoms with van der Waals surface area (Å²) in [6.07, 6.45) is 0. The van der Waals surface area contributed by atoms with Gasteiger partial charge in [0.25, 0.3) is 10.0 Å². The van der Waals surface area contributed by atoms with Crippen LogP contribution in [0.15, 0.2) is 57.9 Å². The molecule has 142 valence electrons. The number of aromatic nitrogens is 1. The monoisotopic (exact) mass is 394 g/mol. The topological polar surface area (TPSA) is 81.4 Å². The van der Waals surface area contributed by atoms with Crippen LogP contribution >= 0.6 is 0 Å². The number of nitrogens with one attached hydrogen (secondary N) is 1. The van der Waals surface area contributed by atoms with Gasteiger partial charge in [-0.15, -0.1) is 0 Å². The Morgan fingerprint density at radius 2 is 1.74 bits per heavy atom. The van der Waals surface area contributed by atoms with Crippen molar-refractivity contribution < 1.29 is 26.5 Å². The van der Waals surface area contributed by atoms with Gasteiger partial charge in [-0.25, -0.2) is 13.1 Å². The zero-order valence-electron chi connectivity index (χ0n) is 14.4. The minimum Gasteiger partial charge on any atom is -0.435 e. The van der Waals surface area contributed by atoms with Crippen molar-refractivity contribution in [3.05, 3.63) is 59.8 Å². The van der Waals surface area contributed by atoms with Gasteiger partial charge in [-0.05, 0) is 37.6 Å². The van der Waals surface area contributed by atoms with E-state index >= 15 is 0 Å². The third-order valence-electron chi connectivity index (χ3n) is 3.95. The second-order valence-corrected chi connectivity index (χ2v) is 7.38. The Labute approximate surface area is 154 Å². The van der Waals surface area contributed by atoms with Crippen molar-refractivity contribution in [1.82, 2.24) is 5.16 Å². The zero-order chi connectivity index (χ0) is 19.6. The van der Waals surface area contributed by atoms with E-state index in [1.807, 2.05) is 0 Å². The molecule has 1 heterocycles.